The Labute approximate surface area is 282 Å². The first-order valence-electron chi connectivity index (χ1n) is 15.7. The van der Waals surface area contributed by atoms with Gasteiger partial charge in [0.25, 0.3) is 10.0 Å². The summed E-state index contributed by atoms with van der Waals surface area (Å²) in [5.41, 5.74) is 1.85. The highest BCUT2D eigenvalue weighted by Gasteiger charge is 2.36. The standard InChI is InChI=1S/C37H42FN3O6S/c1-6-27(3)39-37(43)34(22-28-12-8-7-9-13-28)40(24-29-14-10-11-15-32(29)38)36(42)25-41(33-23-30(46-4)18-21-35(33)47-5)48(44,45)31-19-16-26(2)17-20-31/h7-21,23,27,34H,6,22,24-25H2,1-5H3,(H,39,43)/t27-,34+/m1/s1. The van der Waals surface area contributed by atoms with Crippen molar-refractivity contribution in [2.75, 3.05) is 25.1 Å². The first kappa shape index (κ1) is 35.9. The molecule has 48 heavy (non-hydrogen) atoms. The number of halogens is 1. The number of nitrogens with zero attached hydrogens (tertiary/aromatic N) is 2. The van der Waals surface area contributed by atoms with Gasteiger partial charge in [0, 0.05) is 30.6 Å². The number of rotatable bonds is 15. The number of nitrogens with one attached hydrogen (secondary N) is 1. The van der Waals surface area contributed by atoms with Gasteiger partial charge in [-0.3, -0.25) is 13.9 Å². The summed E-state index contributed by atoms with van der Waals surface area (Å²) in [6.07, 6.45) is 0.750. The van der Waals surface area contributed by atoms with E-state index >= 15 is 4.39 Å². The average molecular weight is 676 g/mol. The number of ether oxygens (including phenoxy) is 2. The van der Waals surface area contributed by atoms with E-state index in [4.69, 9.17) is 9.47 Å². The highest BCUT2D eigenvalue weighted by molar-refractivity contribution is 7.92. The van der Waals surface area contributed by atoms with Crippen LogP contribution in [0, 0.1) is 12.7 Å². The van der Waals surface area contributed by atoms with Crippen molar-refractivity contribution in [1.29, 1.82) is 0 Å². The van der Waals surface area contributed by atoms with E-state index in [9.17, 15) is 18.0 Å². The minimum Gasteiger partial charge on any atom is -0.497 e. The van der Waals surface area contributed by atoms with Crippen LogP contribution in [0.1, 0.15) is 37.0 Å². The van der Waals surface area contributed by atoms with E-state index < -0.39 is 40.2 Å². The molecule has 0 radical (unpaired) electrons. The van der Waals surface area contributed by atoms with Gasteiger partial charge in [0.1, 0.15) is 29.9 Å². The fourth-order valence-corrected chi connectivity index (χ4v) is 6.56. The van der Waals surface area contributed by atoms with Crippen molar-refractivity contribution in [2.24, 2.45) is 0 Å². The maximum Gasteiger partial charge on any atom is 0.264 e. The van der Waals surface area contributed by atoms with Gasteiger partial charge in [0.05, 0.1) is 24.8 Å². The minimum atomic E-state index is -4.39. The van der Waals surface area contributed by atoms with Crippen LogP contribution in [0.3, 0.4) is 0 Å². The van der Waals surface area contributed by atoms with Gasteiger partial charge in [0.2, 0.25) is 11.8 Å². The molecule has 0 saturated carbocycles. The van der Waals surface area contributed by atoms with Crippen LogP contribution in [-0.4, -0.2) is 58.0 Å². The molecule has 4 aromatic carbocycles. The van der Waals surface area contributed by atoms with Crippen LogP contribution in [0.5, 0.6) is 11.5 Å². The van der Waals surface area contributed by atoms with Crippen molar-refractivity contribution in [3.8, 4) is 11.5 Å². The Hall–Kier alpha value is -4.90. The van der Waals surface area contributed by atoms with Crippen LogP contribution in [-0.2, 0) is 32.6 Å². The zero-order valence-corrected chi connectivity index (χ0v) is 28.7. The second-order valence-electron chi connectivity index (χ2n) is 11.5. The number of aryl methyl sites for hydroxylation is 1. The molecule has 0 aliphatic heterocycles. The smallest absolute Gasteiger partial charge is 0.264 e. The lowest BCUT2D eigenvalue weighted by molar-refractivity contribution is -0.140. The number of sulfonamides is 1. The van der Waals surface area contributed by atoms with Crippen molar-refractivity contribution in [3.05, 3.63) is 120 Å². The van der Waals surface area contributed by atoms with Crippen LogP contribution in [0.15, 0.2) is 102 Å². The van der Waals surface area contributed by atoms with E-state index in [0.29, 0.717) is 12.2 Å². The zero-order valence-electron chi connectivity index (χ0n) is 27.9. The molecule has 0 unspecified atom stereocenters. The van der Waals surface area contributed by atoms with E-state index in [0.717, 1.165) is 15.4 Å². The Balaban J connectivity index is 1.88. The molecule has 254 valence electrons. The molecular formula is C37H42FN3O6S. The molecule has 9 nitrogen and oxygen atoms in total. The molecule has 0 fully saturated rings. The lowest BCUT2D eigenvalue weighted by Crippen LogP contribution is -2.54. The summed E-state index contributed by atoms with van der Waals surface area (Å²) in [6.45, 7) is 4.60. The molecule has 0 bridgehead atoms. The zero-order chi connectivity index (χ0) is 34.8. The summed E-state index contributed by atoms with van der Waals surface area (Å²) in [5.74, 6) is -1.21. The van der Waals surface area contributed by atoms with Gasteiger partial charge < -0.3 is 19.7 Å². The molecule has 4 rings (SSSR count). The molecule has 4 aromatic rings. The molecule has 2 atom stereocenters. The fourth-order valence-electron chi connectivity index (χ4n) is 5.15. The van der Waals surface area contributed by atoms with Crippen molar-refractivity contribution < 1.29 is 31.9 Å². The van der Waals surface area contributed by atoms with Crippen LogP contribution >= 0.6 is 0 Å². The SMILES string of the molecule is CC[C@@H](C)NC(=O)[C@H](Cc1ccccc1)N(Cc1ccccc1F)C(=O)CN(c1cc(OC)ccc1OC)S(=O)(=O)c1ccc(C)cc1. The summed E-state index contributed by atoms with van der Waals surface area (Å²) in [7, 11) is -1.56. The lowest BCUT2D eigenvalue weighted by atomic mass is 10.0. The topological polar surface area (TPSA) is 105 Å². The van der Waals surface area contributed by atoms with Gasteiger partial charge >= 0.3 is 0 Å². The Bertz CT molecular complexity index is 1800. The van der Waals surface area contributed by atoms with Crippen LogP contribution in [0.4, 0.5) is 10.1 Å². The summed E-state index contributed by atoms with van der Waals surface area (Å²) in [4.78, 5) is 29.8. The number of methoxy groups -OCH3 is 2. The molecular weight excluding hydrogens is 633 g/mol. The first-order valence-corrected chi connectivity index (χ1v) is 17.1. The lowest BCUT2D eigenvalue weighted by Gasteiger charge is -2.34. The summed E-state index contributed by atoms with van der Waals surface area (Å²) >= 11 is 0. The molecule has 0 aliphatic carbocycles. The van der Waals surface area contributed by atoms with E-state index in [1.54, 1.807) is 30.3 Å². The van der Waals surface area contributed by atoms with Gasteiger partial charge in [-0.25, -0.2) is 12.8 Å². The largest absolute Gasteiger partial charge is 0.497 e. The molecule has 0 heterocycles. The number of carbonyl (C=O) groups excluding carboxylic acids is 2. The number of carbonyl (C=O) groups is 2. The molecule has 0 spiro atoms. The third-order valence-electron chi connectivity index (χ3n) is 8.11. The number of anilines is 1. The maximum atomic E-state index is 15.1. The minimum absolute atomic E-state index is 0.0539. The van der Waals surface area contributed by atoms with Crippen LogP contribution in [0.2, 0.25) is 0 Å². The second-order valence-corrected chi connectivity index (χ2v) is 13.4. The first-order chi connectivity index (χ1) is 23.0. The van der Waals surface area contributed by atoms with Crippen molar-refractivity contribution in [1.82, 2.24) is 10.2 Å². The van der Waals surface area contributed by atoms with E-state index in [1.165, 1.54) is 55.5 Å². The van der Waals surface area contributed by atoms with Gasteiger partial charge in [-0.05, 0) is 56.2 Å². The molecule has 0 saturated heterocycles. The van der Waals surface area contributed by atoms with Crippen molar-refractivity contribution in [3.63, 3.8) is 0 Å². The molecule has 1 N–H and O–H groups in total. The maximum absolute atomic E-state index is 15.1. The fraction of sp³-hybridized carbons (Fsp3) is 0.297. The molecule has 0 aromatic heterocycles. The summed E-state index contributed by atoms with van der Waals surface area (Å²) < 4.78 is 55.8. The highest BCUT2D eigenvalue weighted by atomic mass is 32.2. The molecule has 2 amide bonds. The van der Waals surface area contributed by atoms with Crippen molar-refractivity contribution in [2.45, 2.75) is 57.1 Å². The highest BCUT2D eigenvalue weighted by Crippen LogP contribution is 2.36. The van der Waals surface area contributed by atoms with E-state index in [-0.39, 0.29) is 40.9 Å². The quantitative estimate of drug-likeness (QED) is 0.168. The Kier molecular flexibility index (Phi) is 12.2. The number of hydrogen-bond donors (Lipinski definition) is 1. The third kappa shape index (κ3) is 8.71. The number of benzene rings is 4. The molecule has 11 heteroatoms. The average Bonchev–Trinajstić information content (AvgIpc) is 3.09. The van der Waals surface area contributed by atoms with Crippen LogP contribution in [0.25, 0.3) is 0 Å². The number of hydrogen-bond acceptors (Lipinski definition) is 6. The van der Waals surface area contributed by atoms with E-state index in [1.807, 2.05) is 51.1 Å². The Morgan fingerprint density at radius 1 is 0.896 bits per heavy atom. The van der Waals surface area contributed by atoms with Crippen LogP contribution < -0.4 is 19.1 Å². The Morgan fingerprint density at radius 2 is 1.56 bits per heavy atom. The molecule has 0 aliphatic rings. The Morgan fingerprint density at radius 3 is 2.19 bits per heavy atom. The van der Waals surface area contributed by atoms with Crippen molar-refractivity contribution >= 4 is 27.5 Å². The summed E-state index contributed by atoms with van der Waals surface area (Å²) in [5, 5.41) is 2.97. The number of amides is 2. The van der Waals surface area contributed by atoms with E-state index in [2.05, 4.69) is 5.32 Å². The van der Waals surface area contributed by atoms with Gasteiger partial charge in [0.15, 0.2) is 0 Å². The van der Waals surface area contributed by atoms with Gasteiger partial charge in [-0.1, -0.05) is 73.2 Å². The third-order valence-corrected chi connectivity index (χ3v) is 9.89. The predicted octanol–water partition coefficient (Wildman–Crippen LogP) is 5.90. The normalized spacial score (nSPS) is 12.5. The van der Waals surface area contributed by atoms with Gasteiger partial charge in [-0.2, -0.15) is 0 Å². The predicted molar refractivity (Wildman–Crippen MR) is 184 cm³/mol. The summed E-state index contributed by atoms with van der Waals surface area (Å²) in [6, 6.07) is 24.7. The second kappa shape index (κ2) is 16.3. The van der Waals surface area contributed by atoms with Gasteiger partial charge in [-0.15, -0.1) is 0 Å². The monoisotopic (exact) mass is 675 g/mol.